The molecular formula is C12H21N3OS. The van der Waals surface area contributed by atoms with Crippen molar-refractivity contribution in [1.82, 2.24) is 14.8 Å². The molecule has 5 heteroatoms. The number of piperazine rings is 1. The molecule has 1 aromatic heterocycles. The van der Waals surface area contributed by atoms with E-state index in [1.165, 1.54) is 0 Å². The Bertz CT molecular complexity index is 368. The first-order chi connectivity index (χ1) is 8.06. The minimum atomic E-state index is -0.329. The Kier molecular flexibility index (Phi) is 4.14. The van der Waals surface area contributed by atoms with E-state index in [0.29, 0.717) is 6.42 Å². The van der Waals surface area contributed by atoms with Crippen LogP contribution in [-0.4, -0.2) is 65.8 Å². The number of aromatic nitrogens is 1. The van der Waals surface area contributed by atoms with Gasteiger partial charge in [-0.05, 0) is 21.0 Å². The first kappa shape index (κ1) is 13.0. The average molecular weight is 255 g/mol. The molecule has 0 bridgehead atoms. The molecule has 1 aromatic rings. The van der Waals surface area contributed by atoms with Crippen molar-refractivity contribution in [2.24, 2.45) is 0 Å². The van der Waals surface area contributed by atoms with E-state index in [4.69, 9.17) is 0 Å². The molecule has 1 N–H and O–H groups in total. The molecule has 17 heavy (non-hydrogen) atoms. The molecule has 2 rings (SSSR count). The molecule has 96 valence electrons. The van der Waals surface area contributed by atoms with Crippen LogP contribution >= 0.6 is 11.3 Å². The normalized spacial score (nSPS) is 25.1. The highest BCUT2D eigenvalue weighted by Crippen LogP contribution is 2.15. The Morgan fingerprint density at radius 1 is 1.53 bits per heavy atom. The molecule has 0 amide bonds. The van der Waals surface area contributed by atoms with Gasteiger partial charge in [0.1, 0.15) is 0 Å². The summed E-state index contributed by atoms with van der Waals surface area (Å²) in [6.07, 6.45) is 0.331. The molecule has 2 unspecified atom stereocenters. The van der Waals surface area contributed by atoms with Gasteiger partial charge in [0.05, 0.1) is 16.8 Å². The summed E-state index contributed by atoms with van der Waals surface area (Å²) in [5, 5.41) is 13.4. The maximum absolute atomic E-state index is 10.3. The van der Waals surface area contributed by atoms with Gasteiger partial charge in [-0.1, -0.05) is 0 Å². The van der Waals surface area contributed by atoms with Crippen LogP contribution in [0.5, 0.6) is 0 Å². The SMILES string of the molecule is Cc1nc(CC(O)C2CN(C)CCN2C)cs1. The van der Waals surface area contributed by atoms with Crippen LogP contribution in [0.2, 0.25) is 0 Å². The summed E-state index contributed by atoms with van der Waals surface area (Å²) in [4.78, 5) is 8.95. The zero-order valence-corrected chi connectivity index (χ0v) is 11.6. The van der Waals surface area contributed by atoms with Gasteiger partial charge in [0.2, 0.25) is 0 Å². The number of rotatable bonds is 3. The number of aryl methyl sites for hydroxylation is 1. The number of aliphatic hydroxyl groups excluding tert-OH is 1. The minimum Gasteiger partial charge on any atom is -0.391 e. The monoisotopic (exact) mass is 255 g/mol. The van der Waals surface area contributed by atoms with Crippen LogP contribution < -0.4 is 0 Å². The minimum absolute atomic E-state index is 0.218. The Balaban J connectivity index is 1.96. The standard InChI is InChI=1S/C12H21N3OS/c1-9-13-10(8-17-9)6-12(16)11-7-14(2)4-5-15(11)3/h8,11-12,16H,4-7H2,1-3H3. The van der Waals surface area contributed by atoms with E-state index in [2.05, 4.69) is 28.9 Å². The summed E-state index contributed by atoms with van der Waals surface area (Å²) >= 11 is 1.65. The summed E-state index contributed by atoms with van der Waals surface area (Å²) in [6.45, 7) is 5.03. The van der Waals surface area contributed by atoms with Gasteiger partial charge in [-0.15, -0.1) is 11.3 Å². The van der Waals surface area contributed by atoms with Crippen molar-refractivity contribution in [3.05, 3.63) is 16.1 Å². The molecule has 1 saturated heterocycles. The third-order valence-electron chi connectivity index (χ3n) is 3.43. The first-order valence-electron chi connectivity index (χ1n) is 6.04. The highest BCUT2D eigenvalue weighted by atomic mass is 32.1. The van der Waals surface area contributed by atoms with Gasteiger partial charge in [-0.3, -0.25) is 4.90 Å². The van der Waals surface area contributed by atoms with Crippen molar-refractivity contribution < 1.29 is 5.11 Å². The van der Waals surface area contributed by atoms with Crippen molar-refractivity contribution >= 4 is 11.3 Å². The molecule has 1 aliphatic heterocycles. The fourth-order valence-corrected chi connectivity index (χ4v) is 2.94. The smallest absolute Gasteiger partial charge is 0.0897 e. The number of likely N-dealkylation sites (N-methyl/N-ethyl adjacent to an activating group) is 2. The van der Waals surface area contributed by atoms with Crippen LogP contribution in [0.1, 0.15) is 10.7 Å². The van der Waals surface area contributed by atoms with E-state index in [9.17, 15) is 5.11 Å². The van der Waals surface area contributed by atoms with Crippen molar-refractivity contribution in [3.8, 4) is 0 Å². The number of nitrogens with zero attached hydrogens (tertiary/aromatic N) is 3. The van der Waals surface area contributed by atoms with Crippen LogP contribution in [0.3, 0.4) is 0 Å². The fraction of sp³-hybridized carbons (Fsp3) is 0.750. The molecule has 2 atom stereocenters. The molecule has 0 radical (unpaired) electrons. The van der Waals surface area contributed by atoms with Crippen molar-refractivity contribution in [2.45, 2.75) is 25.5 Å². The highest BCUT2D eigenvalue weighted by Gasteiger charge is 2.28. The van der Waals surface area contributed by atoms with Crippen LogP contribution in [-0.2, 0) is 6.42 Å². The Labute approximate surface area is 107 Å². The number of aliphatic hydroxyl groups is 1. The van der Waals surface area contributed by atoms with Gasteiger partial charge < -0.3 is 10.0 Å². The second-order valence-electron chi connectivity index (χ2n) is 4.94. The van der Waals surface area contributed by atoms with Gasteiger partial charge in [-0.25, -0.2) is 4.98 Å². The largest absolute Gasteiger partial charge is 0.391 e. The predicted molar refractivity (Wildman–Crippen MR) is 70.5 cm³/mol. The number of hydrogen-bond donors (Lipinski definition) is 1. The molecule has 0 aliphatic carbocycles. The van der Waals surface area contributed by atoms with Crippen LogP contribution in [0.15, 0.2) is 5.38 Å². The van der Waals surface area contributed by atoms with E-state index >= 15 is 0 Å². The lowest BCUT2D eigenvalue weighted by atomic mass is 10.0. The molecule has 0 spiro atoms. The van der Waals surface area contributed by atoms with Crippen LogP contribution in [0.25, 0.3) is 0 Å². The number of thiazole rings is 1. The molecule has 0 saturated carbocycles. The lowest BCUT2D eigenvalue weighted by Gasteiger charge is -2.40. The first-order valence-corrected chi connectivity index (χ1v) is 6.92. The zero-order valence-electron chi connectivity index (χ0n) is 10.8. The van der Waals surface area contributed by atoms with Gasteiger partial charge in [0.15, 0.2) is 0 Å². The van der Waals surface area contributed by atoms with E-state index in [1.54, 1.807) is 11.3 Å². The maximum Gasteiger partial charge on any atom is 0.0897 e. The average Bonchev–Trinajstić information content (AvgIpc) is 2.67. The van der Waals surface area contributed by atoms with E-state index < -0.39 is 0 Å². The Morgan fingerprint density at radius 3 is 2.94 bits per heavy atom. The molecule has 4 nitrogen and oxygen atoms in total. The summed E-state index contributed by atoms with van der Waals surface area (Å²) in [6, 6.07) is 0.218. The van der Waals surface area contributed by atoms with E-state index in [0.717, 1.165) is 30.3 Å². The fourth-order valence-electron chi connectivity index (χ4n) is 2.31. The van der Waals surface area contributed by atoms with E-state index in [1.807, 2.05) is 12.3 Å². The molecule has 1 fully saturated rings. The summed E-state index contributed by atoms with van der Waals surface area (Å²) in [5.74, 6) is 0. The lowest BCUT2D eigenvalue weighted by Crippen LogP contribution is -2.55. The topological polar surface area (TPSA) is 39.6 Å². The second-order valence-corrected chi connectivity index (χ2v) is 6.00. The number of hydrogen-bond acceptors (Lipinski definition) is 5. The van der Waals surface area contributed by atoms with Crippen molar-refractivity contribution in [1.29, 1.82) is 0 Å². The third kappa shape index (κ3) is 3.25. The van der Waals surface area contributed by atoms with Gasteiger partial charge >= 0.3 is 0 Å². The summed E-state index contributed by atoms with van der Waals surface area (Å²) < 4.78 is 0. The van der Waals surface area contributed by atoms with Crippen molar-refractivity contribution in [2.75, 3.05) is 33.7 Å². The van der Waals surface area contributed by atoms with E-state index in [-0.39, 0.29) is 12.1 Å². The lowest BCUT2D eigenvalue weighted by molar-refractivity contribution is 0.0149. The quantitative estimate of drug-likeness (QED) is 0.858. The summed E-state index contributed by atoms with van der Waals surface area (Å²) in [7, 11) is 4.20. The molecule has 0 aromatic carbocycles. The van der Waals surface area contributed by atoms with Gasteiger partial charge in [0.25, 0.3) is 0 Å². The Morgan fingerprint density at radius 2 is 2.29 bits per heavy atom. The zero-order chi connectivity index (χ0) is 12.4. The highest BCUT2D eigenvalue weighted by molar-refractivity contribution is 7.09. The Hall–Kier alpha value is -0.490. The maximum atomic E-state index is 10.3. The van der Waals surface area contributed by atoms with Crippen molar-refractivity contribution in [3.63, 3.8) is 0 Å². The third-order valence-corrected chi connectivity index (χ3v) is 4.25. The van der Waals surface area contributed by atoms with Gasteiger partial charge in [-0.2, -0.15) is 0 Å². The van der Waals surface area contributed by atoms with Crippen LogP contribution in [0, 0.1) is 6.92 Å². The molecule has 2 heterocycles. The van der Waals surface area contributed by atoms with Crippen LogP contribution in [0.4, 0.5) is 0 Å². The second kappa shape index (κ2) is 5.44. The van der Waals surface area contributed by atoms with Gasteiger partial charge in [0, 0.05) is 37.5 Å². The predicted octanol–water partition coefficient (Wildman–Crippen LogP) is 0.601. The molecule has 1 aliphatic rings. The molecular weight excluding hydrogens is 234 g/mol. The summed E-state index contributed by atoms with van der Waals surface area (Å²) in [5.41, 5.74) is 1.02.